The normalized spacial score (nSPS) is 15.1. The molecule has 0 aliphatic carbocycles. The fourth-order valence-electron chi connectivity index (χ4n) is 1.15. The van der Waals surface area contributed by atoms with E-state index in [9.17, 15) is 13.2 Å². The van der Waals surface area contributed by atoms with E-state index < -0.39 is 17.8 Å². The zero-order valence-corrected chi connectivity index (χ0v) is 9.27. The van der Waals surface area contributed by atoms with Crippen molar-refractivity contribution in [3.63, 3.8) is 0 Å². The minimum Gasteiger partial charge on any atom is -0.313 e. The number of hydrogen-bond acceptors (Lipinski definition) is 1. The zero-order chi connectivity index (χ0) is 11.6. The third-order valence-electron chi connectivity index (χ3n) is 2.09. The van der Waals surface area contributed by atoms with E-state index in [2.05, 4.69) is 22.5 Å². The first kappa shape index (κ1) is 12.3. The molecule has 0 aromatic heterocycles. The fourth-order valence-corrected chi connectivity index (χ4v) is 1.51. The van der Waals surface area contributed by atoms with Crippen LogP contribution in [0.2, 0.25) is 0 Å². The maximum absolute atomic E-state index is 13.3. The SMILES string of the molecule is C=C[C@](N)(c1cc(Br)ccc1F)C(F)F. The Morgan fingerprint density at radius 1 is 1.47 bits per heavy atom. The second-order valence-corrected chi connectivity index (χ2v) is 3.98. The van der Waals surface area contributed by atoms with Gasteiger partial charge in [0.2, 0.25) is 0 Å². The van der Waals surface area contributed by atoms with Gasteiger partial charge in [0.15, 0.2) is 0 Å². The summed E-state index contributed by atoms with van der Waals surface area (Å²) in [5, 5.41) is 0. The van der Waals surface area contributed by atoms with Crippen molar-refractivity contribution in [2.45, 2.75) is 12.0 Å². The Kier molecular flexibility index (Phi) is 3.57. The molecule has 0 aliphatic rings. The molecular formula is C10H9BrF3N. The highest BCUT2D eigenvalue weighted by molar-refractivity contribution is 9.10. The first-order valence-corrected chi connectivity index (χ1v) is 4.87. The van der Waals surface area contributed by atoms with Gasteiger partial charge in [0, 0.05) is 10.0 Å². The number of alkyl halides is 2. The summed E-state index contributed by atoms with van der Waals surface area (Å²) in [7, 11) is 0. The molecule has 15 heavy (non-hydrogen) atoms. The lowest BCUT2D eigenvalue weighted by atomic mass is 9.91. The Morgan fingerprint density at radius 2 is 2.07 bits per heavy atom. The molecule has 0 saturated heterocycles. The summed E-state index contributed by atoms with van der Waals surface area (Å²) in [6.07, 6.45) is -2.07. The van der Waals surface area contributed by atoms with Crippen LogP contribution >= 0.6 is 15.9 Å². The molecule has 0 amide bonds. The van der Waals surface area contributed by atoms with Crippen molar-refractivity contribution in [3.05, 3.63) is 46.7 Å². The van der Waals surface area contributed by atoms with Gasteiger partial charge in [-0.15, -0.1) is 6.58 Å². The van der Waals surface area contributed by atoms with Gasteiger partial charge in [-0.2, -0.15) is 0 Å². The van der Waals surface area contributed by atoms with Crippen molar-refractivity contribution in [2.24, 2.45) is 5.73 Å². The zero-order valence-electron chi connectivity index (χ0n) is 7.68. The van der Waals surface area contributed by atoms with Gasteiger partial charge in [-0.05, 0) is 18.2 Å². The van der Waals surface area contributed by atoms with E-state index in [1.165, 1.54) is 12.1 Å². The first-order chi connectivity index (χ1) is 6.91. The second kappa shape index (κ2) is 4.37. The molecule has 0 radical (unpaired) electrons. The standard InChI is InChI=1S/C10H9BrF3N/c1-2-10(15,9(13)14)7-5-6(11)3-4-8(7)12/h2-5,9H,1,15H2/t10-/m0/s1. The molecule has 1 nitrogen and oxygen atoms in total. The summed E-state index contributed by atoms with van der Waals surface area (Å²) in [5.74, 6) is -0.777. The van der Waals surface area contributed by atoms with Crippen LogP contribution in [-0.4, -0.2) is 6.43 Å². The molecule has 0 bridgehead atoms. The minimum atomic E-state index is -2.92. The maximum Gasteiger partial charge on any atom is 0.264 e. The van der Waals surface area contributed by atoms with Crippen LogP contribution in [0.3, 0.4) is 0 Å². The van der Waals surface area contributed by atoms with E-state index >= 15 is 0 Å². The summed E-state index contributed by atoms with van der Waals surface area (Å²) in [4.78, 5) is 0. The van der Waals surface area contributed by atoms with Crippen molar-refractivity contribution in [2.75, 3.05) is 0 Å². The topological polar surface area (TPSA) is 26.0 Å². The van der Waals surface area contributed by atoms with E-state index in [-0.39, 0.29) is 5.56 Å². The molecule has 0 fully saturated rings. The first-order valence-electron chi connectivity index (χ1n) is 4.08. The van der Waals surface area contributed by atoms with Crippen LogP contribution in [-0.2, 0) is 5.54 Å². The summed E-state index contributed by atoms with van der Waals surface area (Å²) >= 11 is 3.07. The third kappa shape index (κ3) is 2.23. The maximum atomic E-state index is 13.3. The smallest absolute Gasteiger partial charge is 0.264 e. The van der Waals surface area contributed by atoms with Gasteiger partial charge in [0.05, 0.1) is 0 Å². The van der Waals surface area contributed by atoms with Crippen LogP contribution in [0.1, 0.15) is 5.56 Å². The Labute approximate surface area is 93.9 Å². The van der Waals surface area contributed by atoms with Gasteiger partial charge in [-0.1, -0.05) is 22.0 Å². The van der Waals surface area contributed by atoms with Gasteiger partial charge in [-0.3, -0.25) is 0 Å². The molecule has 1 aromatic carbocycles. The third-order valence-corrected chi connectivity index (χ3v) is 2.59. The average Bonchev–Trinajstić information content (AvgIpc) is 2.20. The molecule has 2 N–H and O–H groups in total. The number of benzene rings is 1. The van der Waals surface area contributed by atoms with E-state index in [4.69, 9.17) is 5.73 Å². The highest BCUT2D eigenvalue weighted by Crippen LogP contribution is 2.30. The van der Waals surface area contributed by atoms with Gasteiger partial charge in [0.25, 0.3) is 6.43 Å². The van der Waals surface area contributed by atoms with Crippen molar-refractivity contribution < 1.29 is 13.2 Å². The highest BCUT2D eigenvalue weighted by atomic mass is 79.9. The highest BCUT2D eigenvalue weighted by Gasteiger charge is 2.36. The predicted octanol–water partition coefficient (Wildman–Crippen LogP) is 3.19. The average molecular weight is 280 g/mol. The summed E-state index contributed by atoms with van der Waals surface area (Å²) in [5.41, 5.74) is 2.97. The number of rotatable bonds is 3. The van der Waals surface area contributed by atoms with E-state index in [1.54, 1.807) is 0 Å². The molecule has 5 heteroatoms. The largest absolute Gasteiger partial charge is 0.313 e. The molecule has 0 heterocycles. The Bertz CT molecular complexity index is 381. The summed E-state index contributed by atoms with van der Waals surface area (Å²) < 4.78 is 39.2. The van der Waals surface area contributed by atoms with Crippen molar-refractivity contribution in [1.29, 1.82) is 0 Å². The van der Waals surface area contributed by atoms with Crippen molar-refractivity contribution >= 4 is 15.9 Å². The van der Waals surface area contributed by atoms with Crippen LogP contribution in [0.15, 0.2) is 35.3 Å². The molecule has 1 atom stereocenters. The molecule has 82 valence electrons. The Hall–Kier alpha value is -0.810. The summed E-state index contributed by atoms with van der Waals surface area (Å²) in [6.45, 7) is 3.21. The summed E-state index contributed by atoms with van der Waals surface area (Å²) in [6, 6.07) is 3.71. The van der Waals surface area contributed by atoms with Crippen LogP contribution in [0.5, 0.6) is 0 Å². The van der Waals surface area contributed by atoms with E-state index in [0.717, 1.165) is 12.1 Å². The monoisotopic (exact) mass is 279 g/mol. The van der Waals surface area contributed by atoms with Gasteiger partial charge >= 0.3 is 0 Å². The van der Waals surface area contributed by atoms with Crippen molar-refractivity contribution in [1.82, 2.24) is 0 Å². The number of halogens is 4. The molecule has 0 saturated carbocycles. The van der Waals surface area contributed by atoms with E-state index in [0.29, 0.717) is 4.47 Å². The molecule has 1 aromatic rings. The van der Waals surface area contributed by atoms with Crippen LogP contribution < -0.4 is 5.73 Å². The fraction of sp³-hybridized carbons (Fsp3) is 0.200. The Balaban J connectivity index is 3.35. The quantitative estimate of drug-likeness (QED) is 0.845. The lowest BCUT2D eigenvalue weighted by Gasteiger charge is -2.25. The lowest BCUT2D eigenvalue weighted by molar-refractivity contribution is 0.0765. The van der Waals surface area contributed by atoms with Crippen LogP contribution in [0, 0.1) is 5.82 Å². The van der Waals surface area contributed by atoms with Crippen molar-refractivity contribution in [3.8, 4) is 0 Å². The number of nitrogens with two attached hydrogens (primary N) is 1. The molecule has 0 aliphatic heterocycles. The van der Waals surface area contributed by atoms with Crippen LogP contribution in [0.4, 0.5) is 13.2 Å². The molecule has 0 unspecified atom stereocenters. The Morgan fingerprint density at radius 3 is 2.53 bits per heavy atom. The van der Waals surface area contributed by atoms with Crippen LogP contribution in [0.25, 0.3) is 0 Å². The van der Waals surface area contributed by atoms with E-state index in [1.807, 2.05) is 0 Å². The lowest BCUT2D eigenvalue weighted by Crippen LogP contribution is -2.42. The van der Waals surface area contributed by atoms with Gasteiger partial charge < -0.3 is 5.73 Å². The second-order valence-electron chi connectivity index (χ2n) is 3.06. The van der Waals surface area contributed by atoms with Gasteiger partial charge in [0.1, 0.15) is 11.4 Å². The predicted molar refractivity (Wildman–Crippen MR) is 56.2 cm³/mol. The molecule has 0 spiro atoms. The number of hydrogen-bond donors (Lipinski definition) is 1. The van der Waals surface area contributed by atoms with Gasteiger partial charge in [-0.25, -0.2) is 13.2 Å². The molecular weight excluding hydrogens is 271 g/mol. The molecule has 1 rings (SSSR count). The minimum absolute atomic E-state index is 0.276.